The Hall–Kier alpha value is -3.42. The Bertz CT molecular complexity index is 1070. The molecule has 0 atom stereocenters. The van der Waals surface area contributed by atoms with Crippen molar-refractivity contribution in [3.05, 3.63) is 47.3 Å². The number of fused-ring (bicyclic) bond motifs is 1. The van der Waals surface area contributed by atoms with Gasteiger partial charge in [0.2, 0.25) is 0 Å². The van der Waals surface area contributed by atoms with Gasteiger partial charge in [-0.1, -0.05) is 19.0 Å². The summed E-state index contributed by atoms with van der Waals surface area (Å²) in [6, 6.07) is 8.84. The van der Waals surface area contributed by atoms with E-state index in [4.69, 9.17) is 4.52 Å². The summed E-state index contributed by atoms with van der Waals surface area (Å²) in [5.74, 6) is -0.124. The van der Waals surface area contributed by atoms with Crippen LogP contribution in [-0.2, 0) is 0 Å². The number of amides is 3. The third-order valence-electron chi connectivity index (χ3n) is 4.79. The van der Waals surface area contributed by atoms with Gasteiger partial charge >= 0.3 is 6.03 Å². The van der Waals surface area contributed by atoms with Crippen molar-refractivity contribution in [2.75, 3.05) is 10.6 Å². The van der Waals surface area contributed by atoms with Crippen molar-refractivity contribution < 1.29 is 14.1 Å². The molecule has 2 aromatic heterocycles. The van der Waals surface area contributed by atoms with Crippen molar-refractivity contribution in [3.63, 3.8) is 0 Å². The van der Waals surface area contributed by atoms with Crippen LogP contribution in [-0.4, -0.2) is 28.1 Å². The van der Waals surface area contributed by atoms with E-state index in [0.29, 0.717) is 39.8 Å². The smallest absolute Gasteiger partial charge is 0.319 e. The molecule has 4 rings (SSSR count). The van der Waals surface area contributed by atoms with E-state index in [1.54, 1.807) is 37.3 Å². The summed E-state index contributed by atoms with van der Waals surface area (Å²) in [5, 5.41) is 13.1. The second-order valence-corrected chi connectivity index (χ2v) is 7.60. The number of nitrogens with zero attached hydrogens (tertiary/aromatic N) is 2. The molecule has 0 unspecified atom stereocenters. The van der Waals surface area contributed by atoms with Crippen LogP contribution in [0, 0.1) is 6.92 Å². The normalized spacial score (nSPS) is 13.5. The van der Waals surface area contributed by atoms with Crippen molar-refractivity contribution in [3.8, 4) is 0 Å². The third-order valence-corrected chi connectivity index (χ3v) is 4.79. The highest BCUT2D eigenvalue weighted by atomic mass is 16.5. The van der Waals surface area contributed by atoms with Crippen LogP contribution >= 0.6 is 0 Å². The molecule has 3 amide bonds. The maximum absolute atomic E-state index is 13.0. The molecule has 1 aromatic carbocycles. The molecule has 0 radical (unpaired) electrons. The fourth-order valence-electron chi connectivity index (χ4n) is 3.00. The molecule has 0 spiro atoms. The summed E-state index contributed by atoms with van der Waals surface area (Å²) in [4.78, 5) is 29.2. The van der Waals surface area contributed by atoms with E-state index in [1.807, 2.05) is 13.8 Å². The van der Waals surface area contributed by atoms with Crippen LogP contribution in [0.2, 0.25) is 0 Å². The predicted molar refractivity (Wildman–Crippen MR) is 110 cm³/mol. The van der Waals surface area contributed by atoms with Crippen molar-refractivity contribution in [2.45, 2.75) is 45.6 Å². The molecule has 150 valence electrons. The number of carbonyl (C=O) groups excluding carboxylic acids is 2. The van der Waals surface area contributed by atoms with Crippen molar-refractivity contribution in [1.29, 1.82) is 0 Å². The zero-order valence-corrected chi connectivity index (χ0v) is 16.6. The van der Waals surface area contributed by atoms with E-state index < -0.39 is 0 Å². The number of benzene rings is 1. The van der Waals surface area contributed by atoms with Gasteiger partial charge in [-0.25, -0.2) is 9.78 Å². The molecule has 0 bridgehead atoms. The van der Waals surface area contributed by atoms with Gasteiger partial charge in [0.1, 0.15) is 0 Å². The second kappa shape index (κ2) is 7.54. The number of rotatable bonds is 5. The van der Waals surface area contributed by atoms with Crippen LogP contribution in [0.5, 0.6) is 0 Å². The molecule has 1 aliphatic carbocycles. The van der Waals surface area contributed by atoms with Gasteiger partial charge in [-0.3, -0.25) is 4.79 Å². The highest BCUT2D eigenvalue weighted by Crippen LogP contribution is 2.26. The highest BCUT2D eigenvalue weighted by Gasteiger charge is 2.23. The summed E-state index contributed by atoms with van der Waals surface area (Å²) >= 11 is 0. The topological polar surface area (TPSA) is 109 Å². The van der Waals surface area contributed by atoms with Gasteiger partial charge in [-0.05, 0) is 56.0 Å². The van der Waals surface area contributed by atoms with E-state index in [2.05, 4.69) is 26.1 Å². The van der Waals surface area contributed by atoms with Gasteiger partial charge in [-0.2, -0.15) is 0 Å². The Balaban J connectivity index is 1.51. The molecule has 3 aromatic rings. The van der Waals surface area contributed by atoms with Crippen molar-refractivity contribution in [1.82, 2.24) is 15.5 Å². The number of aryl methyl sites for hydroxylation is 1. The maximum Gasteiger partial charge on any atom is 0.319 e. The fraction of sp³-hybridized carbons (Fsp3) is 0.333. The average Bonchev–Trinajstić information content (AvgIpc) is 3.42. The molecule has 0 aliphatic heterocycles. The third kappa shape index (κ3) is 4.21. The predicted octanol–water partition coefficient (Wildman–Crippen LogP) is 4.19. The number of hydrogen-bond donors (Lipinski definition) is 3. The molecule has 8 nitrogen and oxygen atoms in total. The number of nitrogens with one attached hydrogen (secondary N) is 3. The van der Waals surface area contributed by atoms with E-state index in [0.717, 1.165) is 18.5 Å². The molecule has 1 saturated carbocycles. The number of anilines is 2. The van der Waals surface area contributed by atoms with E-state index in [-0.39, 0.29) is 17.9 Å². The van der Waals surface area contributed by atoms with E-state index in [1.165, 1.54) is 0 Å². The number of urea groups is 1. The molecule has 2 heterocycles. The minimum Gasteiger partial charge on any atom is -0.336 e. The SMILES string of the molecule is Cc1noc2nc(C(C)C)cc(C(=O)Nc3ccc(NC(=O)NC4CC4)cc3)c12. The van der Waals surface area contributed by atoms with Crippen LogP contribution in [0.15, 0.2) is 34.9 Å². The van der Waals surface area contributed by atoms with Crippen molar-refractivity contribution >= 4 is 34.4 Å². The molecule has 8 heteroatoms. The minimum atomic E-state index is -0.266. The summed E-state index contributed by atoms with van der Waals surface area (Å²) in [7, 11) is 0. The summed E-state index contributed by atoms with van der Waals surface area (Å²) in [6.07, 6.45) is 2.07. The van der Waals surface area contributed by atoms with Gasteiger partial charge in [-0.15, -0.1) is 0 Å². The first-order chi connectivity index (χ1) is 13.9. The molecule has 0 saturated heterocycles. The second-order valence-electron chi connectivity index (χ2n) is 7.60. The molecule has 29 heavy (non-hydrogen) atoms. The molecule has 3 N–H and O–H groups in total. The van der Waals surface area contributed by atoms with Crippen LogP contribution in [0.4, 0.5) is 16.2 Å². The number of aromatic nitrogens is 2. The minimum absolute atomic E-state index is 0.142. The standard InChI is InChI=1S/C21H23N5O3/c1-11(2)17-10-16(18-12(3)26-29-20(18)25-17)19(27)22-13-4-6-14(7-5-13)23-21(28)24-15-8-9-15/h4-7,10-11,15H,8-9H2,1-3H3,(H,22,27)(H2,23,24,28). The molecular formula is C21H23N5O3. The Morgan fingerprint density at radius 2 is 1.76 bits per heavy atom. The quantitative estimate of drug-likeness (QED) is 0.602. The first-order valence-electron chi connectivity index (χ1n) is 9.66. The Morgan fingerprint density at radius 1 is 1.10 bits per heavy atom. The lowest BCUT2D eigenvalue weighted by Gasteiger charge is -2.11. The zero-order chi connectivity index (χ0) is 20.5. The van der Waals surface area contributed by atoms with E-state index >= 15 is 0 Å². The lowest BCUT2D eigenvalue weighted by atomic mass is 10.0. The van der Waals surface area contributed by atoms with E-state index in [9.17, 15) is 9.59 Å². The lowest BCUT2D eigenvalue weighted by molar-refractivity contribution is 0.102. The summed E-state index contributed by atoms with van der Waals surface area (Å²) in [5.41, 5.74) is 3.50. The summed E-state index contributed by atoms with van der Waals surface area (Å²) < 4.78 is 5.28. The lowest BCUT2D eigenvalue weighted by Crippen LogP contribution is -2.30. The highest BCUT2D eigenvalue weighted by molar-refractivity contribution is 6.12. The van der Waals surface area contributed by atoms with Gasteiger partial charge in [0.25, 0.3) is 11.6 Å². The molecule has 1 fully saturated rings. The summed E-state index contributed by atoms with van der Waals surface area (Å²) in [6.45, 7) is 5.79. The van der Waals surface area contributed by atoms with Crippen molar-refractivity contribution in [2.24, 2.45) is 0 Å². The first kappa shape index (κ1) is 18.9. The molecule has 1 aliphatic rings. The van der Waals surface area contributed by atoms with Gasteiger partial charge in [0.15, 0.2) is 0 Å². The largest absolute Gasteiger partial charge is 0.336 e. The van der Waals surface area contributed by atoms with Crippen LogP contribution in [0.1, 0.15) is 54.4 Å². The van der Waals surface area contributed by atoms with Gasteiger partial charge in [0, 0.05) is 23.1 Å². The van der Waals surface area contributed by atoms with Gasteiger partial charge in [0.05, 0.1) is 16.6 Å². The zero-order valence-electron chi connectivity index (χ0n) is 16.6. The monoisotopic (exact) mass is 393 g/mol. The van der Waals surface area contributed by atoms with Crippen LogP contribution in [0.25, 0.3) is 11.1 Å². The van der Waals surface area contributed by atoms with Gasteiger partial charge < -0.3 is 20.5 Å². The first-order valence-corrected chi connectivity index (χ1v) is 9.66. The Kier molecular flexibility index (Phi) is 4.92. The van der Waals surface area contributed by atoms with Crippen LogP contribution < -0.4 is 16.0 Å². The number of pyridine rings is 1. The number of hydrogen-bond acceptors (Lipinski definition) is 5. The Morgan fingerprint density at radius 3 is 2.38 bits per heavy atom. The van der Waals surface area contributed by atoms with Crippen LogP contribution in [0.3, 0.4) is 0 Å². The number of carbonyl (C=O) groups is 2. The fourth-order valence-corrected chi connectivity index (χ4v) is 3.00. The molecular weight excluding hydrogens is 370 g/mol. The Labute approximate surface area is 168 Å². The maximum atomic E-state index is 13.0. The average molecular weight is 393 g/mol.